The van der Waals surface area contributed by atoms with Crippen molar-refractivity contribution in [2.75, 3.05) is 6.54 Å². The monoisotopic (exact) mass is 348 g/mol. The Morgan fingerprint density at radius 2 is 2.08 bits per heavy atom. The van der Waals surface area contributed by atoms with Crippen LogP contribution in [0.2, 0.25) is 5.02 Å². The Kier molecular flexibility index (Phi) is 6.37. The molecule has 1 aromatic carbocycles. The van der Waals surface area contributed by atoms with E-state index in [1.165, 1.54) is 6.20 Å². The predicted molar refractivity (Wildman–Crippen MR) is 93.4 cm³/mol. The van der Waals surface area contributed by atoms with Crippen molar-refractivity contribution in [1.82, 2.24) is 20.4 Å². The van der Waals surface area contributed by atoms with E-state index in [9.17, 15) is 9.59 Å². The van der Waals surface area contributed by atoms with Gasteiger partial charge in [-0.2, -0.15) is 5.10 Å². The van der Waals surface area contributed by atoms with Crippen LogP contribution in [0.1, 0.15) is 37.0 Å². The zero-order valence-corrected chi connectivity index (χ0v) is 14.5. The summed E-state index contributed by atoms with van der Waals surface area (Å²) in [7, 11) is 0. The first-order chi connectivity index (χ1) is 11.5. The van der Waals surface area contributed by atoms with Crippen LogP contribution in [0, 0.1) is 0 Å². The summed E-state index contributed by atoms with van der Waals surface area (Å²) in [4.78, 5) is 23.8. The Hall–Kier alpha value is -2.34. The van der Waals surface area contributed by atoms with Gasteiger partial charge in [-0.1, -0.05) is 30.7 Å². The second kappa shape index (κ2) is 8.49. The number of para-hydroxylation sites is 1. The minimum atomic E-state index is -0.273. The summed E-state index contributed by atoms with van der Waals surface area (Å²) in [6.07, 6.45) is 4.20. The molecule has 0 saturated carbocycles. The summed E-state index contributed by atoms with van der Waals surface area (Å²) in [6.45, 7) is 4.22. The second-order valence-corrected chi connectivity index (χ2v) is 5.91. The molecule has 0 aliphatic carbocycles. The van der Waals surface area contributed by atoms with Gasteiger partial charge in [0.05, 0.1) is 22.5 Å². The summed E-state index contributed by atoms with van der Waals surface area (Å²) in [6, 6.07) is 7.39. The van der Waals surface area contributed by atoms with Crippen LogP contribution in [0.4, 0.5) is 0 Å². The van der Waals surface area contributed by atoms with Crippen molar-refractivity contribution in [3.63, 3.8) is 0 Å². The van der Waals surface area contributed by atoms with Crippen LogP contribution >= 0.6 is 11.6 Å². The topological polar surface area (TPSA) is 76.0 Å². The maximum atomic E-state index is 12.1. The molecule has 2 rings (SSSR count). The molecular formula is C17H21ClN4O2. The Morgan fingerprint density at radius 3 is 2.79 bits per heavy atom. The number of rotatable bonds is 7. The maximum Gasteiger partial charge on any atom is 0.254 e. The number of carbonyl (C=O) groups is 2. The van der Waals surface area contributed by atoms with Gasteiger partial charge in [0.25, 0.3) is 5.91 Å². The molecule has 6 nitrogen and oxygen atoms in total. The molecule has 1 atom stereocenters. The fraction of sp³-hybridized carbons (Fsp3) is 0.353. The quantitative estimate of drug-likeness (QED) is 0.807. The zero-order valence-electron chi connectivity index (χ0n) is 13.8. The highest BCUT2D eigenvalue weighted by molar-refractivity contribution is 6.32. The number of nitrogens with one attached hydrogen (secondary N) is 2. The summed E-state index contributed by atoms with van der Waals surface area (Å²) < 4.78 is 1.55. The standard InChI is InChI=1S/C17H21ClN4O2/c1-3-12(2)21-16(23)8-9-19-17(24)13-10-20-22(11-13)15-7-5-4-6-14(15)18/h4-7,10-12H,3,8-9H2,1-2H3,(H,19,24)(H,21,23). The van der Waals surface area contributed by atoms with Gasteiger partial charge in [-0.25, -0.2) is 4.68 Å². The average Bonchev–Trinajstić information content (AvgIpc) is 3.04. The molecule has 2 N–H and O–H groups in total. The Morgan fingerprint density at radius 1 is 1.33 bits per heavy atom. The number of carbonyl (C=O) groups excluding carboxylic acids is 2. The highest BCUT2D eigenvalue weighted by atomic mass is 35.5. The minimum absolute atomic E-state index is 0.0728. The van der Waals surface area contributed by atoms with Crippen LogP contribution in [0.25, 0.3) is 5.69 Å². The second-order valence-electron chi connectivity index (χ2n) is 5.51. The first kappa shape index (κ1) is 18.0. The van der Waals surface area contributed by atoms with Gasteiger partial charge in [-0.15, -0.1) is 0 Å². The summed E-state index contributed by atoms with van der Waals surface area (Å²) in [5, 5.41) is 10.3. The van der Waals surface area contributed by atoms with Gasteiger partial charge in [0.15, 0.2) is 0 Å². The molecule has 2 amide bonds. The molecule has 0 bridgehead atoms. The molecule has 0 saturated heterocycles. The fourth-order valence-electron chi connectivity index (χ4n) is 2.05. The number of benzene rings is 1. The van der Waals surface area contributed by atoms with Crippen LogP contribution in [0.3, 0.4) is 0 Å². The van der Waals surface area contributed by atoms with E-state index in [4.69, 9.17) is 11.6 Å². The van der Waals surface area contributed by atoms with Gasteiger partial charge >= 0.3 is 0 Å². The minimum Gasteiger partial charge on any atom is -0.354 e. The molecule has 1 heterocycles. The molecule has 1 aromatic heterocycles. The van der Waals surface area contributed by atoms with Crippen LogP contribution < -0.4 is 10.6 Å². The van der Waals surface area contributed by atoms with E-state index in [0.717, 1.165) is 6.42 Å². The lowest BCUT2D eigenvalue weighted by atomic mass is 10.2. The summed E-state index contributed by atoms with van der Waals surface area (Å²) >= 11 is 6.11. The van der Waals surface area contributed by atoms with Gasteiger partial charge in [0, 0.05) is 25.2 Å². The lowest BCUT2D eigenvalue weighted by Crippen LogP contribution is -2.35. The largest absolute Gasteiger partial charge is 0.354 e. The summed E-state index contributed by atoms with van der Waals surface area (Å²) in [5.74, 6) is -0.346. The third kappa shape index (κ3) is 4.83. The number of amides is 2. The SMILES string of the molecule is CCC(C)NC(=O)CCNC(=O)c1cnn(-c2ccccc2Cl)c1. The molecule has 0 radical (unpaired) electrons. The van der Waals surface area contributed by atoms with E-state index in [1.54, 1.807) is 16.9 Å². The molecule has 24 heavy (non-hydrogen) atoms. The molecule has 0 aliphatic rings. The smallest absolute Gasteiger partial charge is 0.254 e. The van der Waals surface area contributed by atoms with Crippen molar-refractivity contribution in [3.8, 4) is 5.69 Å². The molecule has 7 heteroatoms. The lowest BCUT2D eigenvalue weighted by Gasteiger charge is -2.11. The van der Waals surface area contributed by atoms with Gasteiger partial charge in [-0.3, -0.25) is 9.59 Å². The number of hydrogen-bond acceptors (Lipinski definition) is 3. The predicted octanol–water partition coefficient (Wildman–Crippen LogP) is 2.56. The third-order valence-corrected chi connectivity index (χ3v) is 3.92. The summed E-state index contributed by atoms with van der Waals surface area (Å²) in [5.41, 5.74) is 1.11. The number of halogens is 1. The Balaban J connectivity index is 1.88. The average molecular weight is 349 g/mol. The molecule has 1 unspecified atom stereocenters. The van der Waals surface area contributed by atoms with E-state index in [2.05, 4.69) is 15.7 Å². The van der Waals surface area contributed by atoms with Crippen molar-refractivity contribution in [2.45, 2.75) is 32.7 Å². The normalized spacial score (nSPS) is 11.8. The van der Waals surface area contributed by atoms with Gasteiger partial charge in [0.2, 0.25) is 5.91 Å². The molecule has 0 spiro atoms. The highest BCUT2D eigenvalue weighted by Gasteiger charge is 2.11. The number of hydrogen-bond donors (Lipinski definition) is 2. The van der Waals surface area contributed by atoms with E-state index in [0.29, 0.717) is 16.3 Å². The van der Waals surface area contributed by atoms with Crippen LogP contribution in [0.5, 0.6) is 0 Å². The Bertz CT molecular complexity index is 714. The van der Waals surface area contributed by atoms with Gasteiger partial charge < -0.3 is 10.6 Å². The van der Waals surface area contributed by atoms with Crippen LogP contribution in [-0.2, 0) is 4.79 Å². The van der Waals surface area contributed by atoms with Crippen LogP contribution in [0.15, 0.2) is 36.7 Å². The van der Waals surface area contributed by atoms with Gasteiger partial charge in [-0.05, 0) is 25.5 Å². The van der Waals surface area contributed by atoms with E-state index in [1.807, 2.05) is 32.0 Å². The molecule has 128 valence electrons. The fourth-order valence-corrected chi connectivity index (χ4v) is 2.27. The number of aromatic nitrogens is 2. The van der Waals surface area contributed by atoms with Crippen molar-refractivity contribution in [1.29, 1.82) is 0 Å². The van der Waals surface area contributed by atoms with Crippen LogP contribution in [-0.4, -0.2) is 34.2 Å². The lowest BCUT2D eigenvalue weighted by molar-refractivity contribution is -0.121. The Labute approximate surface area is 146 Å². The van der Waals surface area contributed by atoms with E-state index >= 15 is 0 Å². The van der Waals surface area contributed by atoms with E-state index in [-0.39, 0.29) is 30.8 Å². The first-order valence-corrected chi connectivity index (χ1v) is 8.26. The third-order valence-electron chi connectivity index (χ3n) is 3.60. The maximum absolute atomic E-state index is 12.1. The molecule has 2 aromatic rings. The molecule has 0 aliphatic heterocycles. The van der Waals surface area contributed by atoms with Crippen molar-refractivity contribution in [3.05, 3.63) is 47.2 Å². The van der Waals surface area contributed by atoms with Gasteiger partial charge in [0.1, 0.15) is 0 Å². The van der Waals surface area contributed by atoms with Crippen molar-refractivity contribution in [2.24, 2.45) is 0 Å². The highest BCUT2D eigenvalue weighted by Crippen LogP contribution is 2.19. The van der Waals surface area contributed by atoms with Crippen molar-refractivity contribution < 1.29 is 9.59 Å². The first-order valence-electron chi connectivity index (χ1n) is 7.88. The molecule has 0 fully saturated rings. The van der Waals surface area contributed by atoms with E-state index < -0.39 is 0 Å². The van der Waals surface area contributed by atoms with Crippen molar-refractivity contribution >= 4 is 23.4 Å². The zero-order chi connectivity index (χ0) is 17.5. The molecular weight excluding hydrogens is 328 g/mol. The number of nitrogens with zero attached hydrogens (tertiary/aromatic N) is 2.